The standard InChI is InChI=1S/C16H21F3N2O3/c1-10-12(5-3-6-13(10)24-9-16(17,18)19)21-15(22)20-11(2)14-7-4-8-23-14/h3,5-6,11,14H,4,7-9H2,1-2H3,(H2,20,21,22)/t11-,14-/m1/s1. The van der Waals surface area contributed by atoms with Gasteiger partial charge in [-0.3, -0.25) is 0 Å². The lowest BCUT2D eigenvalue weighted by Gasteiger charge is -2.21. The molecule has 0 radical (unpaired) electrons. The van der Waals surface area contributed by atoms with Gasteiger partial charge in [0.1, 0.15) is 5.75 Å². The van der Waals surface area contributed by atoms with Crippen LogP contribution in [0.15, 0.2) is 18.2 Å². The lowest BCUT2D eigenvalue weighted by Crippen LogP contribution is -2.43. The van der Waals surface area contributed by atoms with Crippen LogP contribution in [0.4, 0.5) is 23.7 Å². The summed E-state index contributed by atoms with van der Waals surface area (Å²) >= 11 is 0. The fourth-order valence-corrected chi connectivity index (χ4v) is 2.52. The number of anilines is 1. The van der Waals surface area contributed by atoms with Gasteiger partial charge in [0.2, 0.25) is 0 Å². The van der Waals surface area contributed by atoms with Crippen molar-refractivity contribution in [1.82, 2.24) is 5.32 Å². The van der Waals surface area contributed by atoms with Crippen molar-refractivity contribution in [1.29, 1.82) is 0 Å². The van der Waals surface area contributed by atoms with Gasteiger partial charge < -0.3 is 20.1 Å². The molecule has 5 nitrogen and oxygen atoms in total. The Morgan fingerprint density at radius 1 is 1.46 bits per heavy atom. The molecule has 2 rings (SSSR count). The number of halogens is 3. The number of amides is 2. The molecule has 1 fully saturated rings. The van der Waals surface area contributed by atoms with Crippen LogP contribution >= 0.6 is 0 Å². The van der Waals surface area contributed by atoms with E-state index in [2.05, 4.69) is 10.6 Å². The van der Waals surface area contributed by atoms with E-state index in [1.165, 1.54) is 12.1 Å². The quantitative estimate of drug-likeness (QED) is 0.856. The predicted molar refractivity (Wildman–Crippen MR) is 83.3 cm³/mol. The van der Waals surface area contributed by atoms with E-state index in [1.54, 1.807) is 13.0 Å². The van der Waals surface area contributed by atoms with Crippen LogP contribution in [0.5, 0.6) is 5.75 Å². The number of carbonyl (C=O) groups is 1. The fraction of sp³-hybridized carbons (Fsp3) is 0.562. The number of alkyl halides is 3. The van der Waals surface area contributed by atoms with E-state index in [1.807, 2.05) is 6.92 Å². The van der Waals surface area contributed by atoms with Crippen molar-refractivity contribution >= 4 is 11.7 Å². The van der Waals surface area contributed by atoms with E-state index in [0.717, 1.165) is 12.8 Å². The largest absolute Gasteiger partial charge is 0.484 e. The third-order valence-corrected chi connectivity index (χ3v) is 3.80. The lowest BCUT2D eigenvalue weighted by molar-refractivity contribution is -0.153. The second kappa shape index (κ2) is 7.74. The molecule has 0 aromatic heterocycles. The summed E-state index contributed by atoms with van der Waals surface area (Å²) in [5.74, 6) is 0.0808. The van der Waals surface area contributed by atoms with Gasteiger partial charge in [0.05, 0.1) is 12.1 Å². The maximum Gasteiger partial charge on any atom is 0.422 e. The van der Waals surface area contributed by atoms with Gasteiger partial charge in [-0.15, -0.1) is 0 Å². The summed E-state index contributed by atoms with van der Waals surface area (Å²) < 4.78 is 47.0. The molecule has 0 bridgehead atoms. The van der Waals surface area contributed by atoms with Gasteiger partial charge >= 0.3 is 12.2 Å². The summed E-state index contributed by atoms with van der Waals surface area (Å²) in [6.45, 7) is 2.76. The minimum atomic E-state index is -4.41. The maximum atomic E-state index is 12.3. The van der Waals surface area contributed by atoms with Gasteiger partial charge in [0, 0.05) is 17.9 Å². The highest BCUT2D eigenvalue weighted by atomic mass is 19.4. The highest BCUT2D eigenvalue weighted by molar-refractivity contribution is 5.90. The zero-order valence-corrected chi connectivity index (χ0v) is 13.6. The van der Waals surface area contributed by atoms with E-state index in [4.69, 9.17) is 9.47 Å². The van der Waals surface area contributed by atoms with Crippen LogP contribution in [0.25, 0.3) is 0 Å². The van der Waals surface area contributed by atoms with Crippen molar-refractivity contribution in [3.8, 4) is 5.75 Å². The molecule has 2 amide bonds. The monoisotopic (exact) mass is 346 g/mol. The zero-order chi connectivity index (χ0) is 17.7. The average Bonchev–Trinajstić information content (AvgIpc) is 3.01. The Hall–Kier alpha value is -1.96. The van der Waals surface area contributed by atoms with Gasteiger partial charge in [-0.25, -0.2) is 4.79 Å². The summed E-state index contributed by atoms with van der Waals surface area (Å²) in [4.78, 5) is 12.1. The van der Waals surface area contributed by atoms with Crippen LogP contribution in [-0.4, -0.2) is 37.6 Å². The van der Waals surface area contributed by atoms with Crippen molar-refractivity contribution in [3.63, 3.8) is 0 Å². The molecule has 0 unspecified atom stereocenters. The van der Waals surface area contributed by atoms with Gasteiger partial charge in [-0.05, 0) is 38.8 Å². The van der Waals surface area contributed by atoms with Crippen LogP contribution in [0, 0.1) is 6.92 Å². The summed E-state index contributed by atoms with van der Waals surface area (Å²) in [6.07, 6.45) is -2.57. The molecule has 1 aliphatic rings. The lowest BCUT2D eigenvalue weighted by atomic mass is 10.1. The number of rotatable bonds is 5. The zero-order valence-electron chi connectivity index (χ0n) is 13.6. The van der Waals surface area contributed by atoms with Crippen LogP contribution in [0.3, 0.4) is 0 Å². The van der Waals surface area contributed by atoms with Crippen LogP contribution < -0.4 is 15.4 Å². The number of benzene rings is 1. The van der Waals surface area contributed by atoms with Crippen LogP contribution in [0.1, 0.15) is 25.3 Å². The molecule has 2 atom stereocenters. The van der Waals surface area contributed by atoms with Crippen molar-refractivity contribution in [2.24, 2.45) is 0 Å². The predicted octanol–water partition coefficient (Wildman–Crippen LogP) is 3.63. The molecule has 1 saturated heterocycles. The average molecular weight is 346 g/mol. The Kier molecular flexibility index (Phi) is 5.93. The molecule has 0 spiro atoms. The second-order valence-corrected chi connectivity index (χ2v) is 5.77. The van der Waals surface area contributed by atoms with E-state index in [-0.39, 0.29) is 17.9 Å². The minimum Gasteiger partial charge on any atom is -0.484 e. The normalized spacial score (nSPS) is 19.0. The summed E-state index contributed by atoms with van der Waals surface area (Å²) in [6, 6.07) is 3.97. The first-order chi connectivity index (χ1) is 11.3. The second-order valence-electron chi connectivity index (χ2n) is 5.77. The number of carbonyl (C=O) groups excluding carboxylic acids is 1. The van der Waals surface area contributed by atoms with Gasteiger partial charge in [0.25, 0.3) is 0 Å². The summed E-state index contributed by atoms with van der Waals surface area (Å²) in [7, 11) is 0. The first-order valence-corrected chi connectivity index (χ1v) is 7.74. The minimum absolute atomic E-state index is 0.0155. The molecule has 1 aliphatic heterocycles. The summed E-state index contributed by atoms with van der Waals surface area (Å²) in [5, 5.41) is 5.41. The molecule has 2 N–H and O–H groups in total. The van der Waals surface area contributed by atoms with E-state index >= 15 is 0 Å². The maximum absolute atomic E-state index is 12.3. The first kappa shape index (κ1) is 18.4. The fourth-order valence-electron chi connectivity index (χ4n) is 2.52. The topological polar surface area (TPSA) is 59.6 Å². The molecule has 0 aliphatic carbocycles. The van der Waals surface area contributed by atoms with Gasteiger partial charge in [-0.2, -0.15) is 13.2 Å². The molecule has 1 aromatic rings. The smallest absolute Gasteiger partial charge is 0.422 e. The molecule has 134 valence electrons. The Labute approximate surface area is 138 Å². The SMILES string of the molecule is Cc1c(NC(=O)N[C@H](C)[C@H]2CCCO2)cccc1OCC(F)(F)F. The molecule has 24 heavy (non-hydrogen) atoms. The Balaban J connectivity index is 1.95. The number of urea groups is 1. The Morgan fingerprint density at radius 2 is 2.21 bits per heavy atom. The number of hydrogen-bond acceptors (Lipinski definition) is 3. The molecule has 0 saturated carbocycles. The van der Waals surface area contributed by atoms with E-state index in [9.17, 15) is 18.0 Å². The first-order valence-electron chi connectivity index (χ1n) is 7.74. The van der Waals surface area contributed by atoms with Gasteiger partial charge in [-0.1, -0.05) is 6.07 Å². The van der Waals surface area contributed by atoms with Crippen molar-refractivity contribution in [2.75, 3.05) is 18.5 Å². The molecule has 8 heteroatoms. The van der Waals surface area contributed by atoms with Crippen molar-refractivity contribution in [3.05, 3.63) is 23.8 Å². The summed E-state index contributed by atoms with van der Waals surface area (Å²) in [5.41, 5.74) is 0.827. The highest BCUT2D eigenvalue weighted by Crippen LogP contribution is 2.27. The van der Waals surface area contributed by atoms with Crippen LogP contribution in [-0.2, 0) is 4.74 Å². The Morgan fingerprint density at radius 3 is 2.83 bits per heavy atom. The number of hydrogen-bond donors (Lipinski definition) is 2. The number of ether oxygens (including phenoxy) is 2. The Bertz CT molecular complexity index is 572. The third kappa shape index (κ3) is 5.30. The van der Waals surface area contributed by atoms with Crippen molar-refractivity contribution < 1.29 is 27.4 Å². The van der Waals surface area contributed by atoms with E-state index < -0.39 is 18.8 Å². The molecule has 1 heterocycles. The molecule has 1 aromatic carbocycles. The molecular weight excluding hydrogens is 325 g/mol. The third-order valence-electron chi connectivity index (χ3n) is 3.80. The highest BCUT2D eigenvalue weighted by Gasteiger charge is 2.29. The van der Waals surface area contributed by atoms with E-state index in [0.29, 0.717) is 17.9 Å². The van der Waals surface area contributed by atoms with Crippen molar-refractivity contribution in [2.45, 2.75) is 45.0 Å². The van der Waals surface area contributed by atoms with Gasteiger partial charge in [0.15, 0.2) is 6.61 Å². The number of nitrogens with one attached hydrogen (secondary N) is 2. The van der Waals surface area contributed by atoms with Crippen LogP contribution in [0.2, 0.25) is 0 Å². The molecular formula is C16H21F3N2O3.